The fraction of sp³-hybridized carbons (Fsp3) is 0.571. The molecule has 1 aromatic rings. The number of nitrogens with two attached hydrogens (primary N) is 1. The van der Waals surface area contributed by atoms with Gasteiger partial charge in [0.1, 0.15) is 0 Å². The van der Waals surface area contributed by atoms with Crippen LogP contribution < -0.4 is 10.5 Å². The molecule has 0 radical (unpaired) electrons. The van der Waals surface area contributed by atoms with Crippen LogP contribution in [-0.2, 0) is 14.8 Å². The number of sulfonamides is 1. The minimum atomic E-state index is -3.66. The molecule has 0 bridgehead atoms. The predicted molar refractivity (Wildman–Crippen MR) is 79.2 cm³/mol. The summed E-state index contributed by atoms with van der Waals surface area (Å²) >= 11 is 0. The highest BCUT2D eigenvalue weighted by molar-refractivity contribution is 7.89. The minimum absolute atomic E-state index is 0.143. The van der Waals surface area contributed by atoms with Crippen molar-refractivity contribution in [2.24, 2.45) is 5.14 Å². The number of hydrogen-bond acceptors (Lipinski definition) is 4. The standard InChI is InChI=1S/C14H22N2O3S/c1-10-6-7-13(20(15,17)18)9-14(10)16-11-4-3-5-12(8-11)19-2/h6-7,9,11-12,16H,3-5,8H2,1-2H3,(H2,15,17,18). The maximum Gasteiger partial charge on any atom is 0.238 e. The van der Waals surface area contributed by atoms with Crippen LogP contribution in [0, 0.1) is 6.92 Å². The van der Waals surface area contributed by atoms with Crippen molar-refractivity contribution in [1.29, 1.82) is 0 Å². The van der Waals surface area contributed by atoms with Crippen LogP contribution in [-0.4, -0.2) is 27.7 Å². The Morgan fingerprint density at radius 1 is 1.35 bits per heavy atom. The molecular formula is C14H22N2O3S. The summed E-state index contributed by atoms with van der Waals surface area (Å²) in [6.45, 7) is 1.95. The molecule has 0 amide bonds. The van der Waals surface area contributed by atoms with Crippen LogP contribution >= 0.6 is 0 Å². The SMILES string of the molecule is COC1CCCC(Nc2cc(S(N)(=O)=O)ccc2C)C1. The third-order valence-corrected chi connectivity index (χ3v) is 4.77. The summed E-state index contributed by atoms with van der Waals surface area (Å²) in [6.07, 6.45) is 4.49. The number of nitrogens with one attached hydrogen (secondary N) is 1. The Kier molecular flexibility index (Phi) is 4.67. The van der Waals surface area contributed by atoms with Gasteiger partial charge in [-0.3, -0.25) is 0 Å². The normalized spacial score (nSPS) is 23.6. The molecule has 1 saturated carbocycles. The van der Waals surface area contributed by atoms with Gasteiger partial charge >= 0.3 is 0 Å². The molecule has 1 aliphatic rings. The van der Waals surface area contributed by atoms with Gasteiger partial charge in [0.2, 0.25) is 10.0 Å². The van der Waals surface area contributed by atoms with E-state index in [9.17, 15) is 8.42 Å². The number of ether oxygens (including phenoxy) is 1. The molecule has 112 valence electrons. The maximum atomic E-state index is 11.4. The van der Waals surface area contributed by atoms with Gasteiger partial charge in [-0.2, -0.15) is 0 Å². The Balaban J connectivity index is 2.16. The lowest BCUT2D eigenvalue weighted by molar-refractivity contribution is 0.0669. The Morgan fingerprint density at radius 2 is 2.10 bits per heavy atom. The molecule has 1 fully saturated rings. The number of anilines is 1. The lowest BCUT2D eigenvalue weighted by Gasteiger charge is -2.30. The summed E-state index contributed by atoms with van der Waals surface area (Å²) in [5.74, 6) is 0. The van der Waals surface area contributed by atoms with Gasteiger partial charge in [0.25, 0.3) is 0 Å². The summed E-state index contributed by atoms with van der Waals surface area (Å²) in [5.41, 5.74) is 1.84. The minimum Gasteiger partial charge on any atom is -0.382 e. The molecule has 2 rings (SSSR count). The van der Waals surface area contributed by atoms with Crippen LogP contribution in [0.15, 0.2) is 23.1 Å². The van der Waals surface area contributed by atoms with E-state index in [1.165, 1.54) is 6.07 Å². The van der Waals surface area contributed by atoms with Gasteiger partial charge in [0, 0.05) is 18.8 Å². The molecule has 3 N–H and O–H groups in total. The maximum absolute atomic E-state index is 11.4. The van der Waals surface area contributed by atoms with Crippen LogP contribution in [0.4, 0.5) is 5.69 Å². The van der Waals surface area contributed by atoms with Crippen molar-refractivity contribution in [3.05, 3.63) is 23.8 Å². The summed E-state index contributed by atoms with van der Waals surface area (Å²) in [6, 6.07) is 5.23. The van der Waals surface area contributed by atoms with Crippen molar-refractivity contribution in [1.82, 2.24) is 0 Å². The van der Waals surface area contributed by atoms with Gasteiger partial charge in [-0.15, -0.1) is 0 Å². The Morgan fingerprint density at radius 3 is 2.75 bits per heavy atom. The van der Waals surface area contributed by atoms with Gasteiger partial charge in [-0.25, -0.2) is 13.6 Å². The zero-order valence-electron chi connectivity index (χ0n) is 11.9. The van der Waals surface area contributed by atoms with Crippen molar-refractivity contribution in [2.45, 2.75) is 49.6 Å². The molecule has 2 atom stereocenters. The fourth-order valence-corrected chi connectivity index (χ4v) is 3.18. The lowest BCUT2D eigenvalue weighted by Crippen LogP contribution is -2.31. The van der Waals surface area contributed by atoms with Gasteiger partial charge < -0.3 is 10.1 Å². The molecular weight excluding hydrogens is 276 g/mol. The quantitative estimate of drug-likeness (QED) is 0.891. The van der Waals surface area contributed by atoms with Crippen LogP contribution in [0.3, 0.4) is 0 Å². The molecule has 0 saturated heterocycles. The predicted octanol–water partition coefficient (Wildman–Crippen LogP) is 2.01. The average molecular weight is 298 g/mol. The molecule has 6 heteroatoms. The fourth-order valence-electron chi connectivity index (χ4n) is 2.64. The third kappa shape index (κ3) is 3.71. The van der Waals surface area contributed by atoms with E-state index >= 15 is 0 Å². The zero-order chi connectivity index (χ0) is 14.8. The molecule has 5 nitrogen and oxygen atoms in total. The van der Waals surface area contributed by atoms with Crippen molar-refractivity contribution in [3.63, 3.8) is 0 Å². The number of rotatable bonds is 4. The molecule has 0 aliphatic heterocycles. The second-order valence-corrected chi connectivity index (χ2v) is 6.95. The second-order valence-electron chi connectivity index (χ2n) is 5.39. The summed E-state index contributed by atoms with van der Waals surface area (Å²) in [5, 5.41) is 8.60. The van der Waals surface area contributed by atoms with E-state index in [1.54, 1.807) is 19.2 Å². The number of aryl methyl sites for hydroxylation is 1. The van der Waals surface area contributed by atoms with E-state index in [2.05, 4.69) is 5.32 Å². The number of benzene rings is 1. The molecule has 20 heavy (non-hydrogen) atoms. The van der Waals surface area contributed by atoms with E-state index in [-0.39, 0.29) is 11.0 Å². The molecule has 1 aliphatic carbocycles. The van der Waals surface area contributed by atoms with E-state index in [0.29, 0.717) is 6.04 Å². The topological polar surface area (TPSA) is 81.4 Å². The Bertz CT molecular complexity index is 572. The van der Waals surface area contributed by atoms with Crippen LogP contribution in [0.5, 0.6) is 0 Å². The van der Waals surface area contributed by atoms with E-state index < -0.39 is 10.0 Å². The van der Waals surface area contributed by atoms with Crippen molar-refractivity contribution < 1.29 is 13.2 Å². The highest BCUT2D eigenvalue weighted by Gasteiger charge is 2.22. The van der Waals surface area contributed by atoms with Crippen molar-refractivity contribution in [2.75, 3.05) is 12.4 Å². The van der Waals surface area contributed by atoms with E-state index in [4.69, 9.17) is 9.88 Å². The first-order valence-electron chi connectivity index (χ1n) is 6.83. The molecule has 2 unspecified atom stereocenters. The van der Waals surface area contributed by atoms with Crippen molar-refractivity contribution in [3.8, 4) is 0 Å². The Labute approximate surface area is 120 Å². The van der Waals surface area contributed by atoms with Crippen LogP contribution in [0.1, 0.15) is 31.2 Å². The van der Waals surface area contributed by atoms with Gasteiger partial charge in [-0.1, -0.05) is 6.07 Å². The van der Waals surface area contributed by atoms with Gasteiger partial charge in [-0.05, 0) is 50.3 Å². The first kappa shape index (κ1) is 15.3. The van der Waals surface area contributed by atoms with E-state index in [1.807, 2.05) is 6.92 Å². The molecule has 1 aromatic carbocycles. The molecule has 0 spiro atoms. The average Bonchev–Trinajstić information content (AvgIpc) is 2.40. The zero-order valence-corrected chi connectivity index (χ0v) is 12.7. The first-order valence-corrected chi connectivity index (χ1v) is 8.37. The summed E-state index contributed by atoms with van der Waals surface area (Å²) in [4.78, 5) is 0.143. The van der Waals surface area contributed by atoms with Gasteiger partial charge in [0.05, 0.1) is 11.0 Å². The third-order valence-electron chi connectivity index (χ3n) is 3.86. The van der Waals surface area contributed by atoms with Crippen LogP contribution in [0.2, 0.25) is 0 Å². The first-order chi connectivity index (χ1) is 9.40. The molecule has 0 aromatic heterocycles. The molecule has 0 heterocycles. The Hall–Kier alpha value is -1.11. The second kappa shape index (κ2) is 6.11. The number of primary sulfonamides is 1. The number of hydrogen-bond donors (Lipinski definition) is 2. The largest absolute Gasteiger partial charge is 0.382 e. The van der Waals surface area contributed by atoms with Crippen molar-refractivity contribution >= 4 is 15.7 Å². The summed E-state index contributed by atoms with van der Waals surface area (Å²) < 4.78 is 28.2. The highest BCUT2D eigenvalue weighted by atomic mass is 32.2. The highest BCUT2D eigenvalue weighted by Crippen LogP contribution is 2.26. The van der Waals surface area contributed by atoms with Crippen LogP contribution in [0.25, 0.3) is 0 Å². The lowest BCUT2D eigenvalue weighted by atomic mass is 9.92. The summed E-state index contributed by atoms with van der Waals surface area (Å²) in [7, 11) is -1.93. The van der Waals surface area contributed by atoms with Gasteiger partial charge in [0.15, 0.2) is 0 Å². The smallest absolute Gasteiger partial charge is 0.238 e. The number of methoxy groups -OCH3 is 1. The van der Waals surface area contributed by atoms with E-state index in [0.717, 1.165) is 36.9 Å². The monoisotopic (exact) mass is 298 g/mol.